The van der Waals surface area contributed by atoms with E-state index in [0.717, 1.165) is 5.56 Å². The molecule has 0 N–H and O–H groups in total. The molecule has 2 aromatic rings. The maximum atomic E-state index is 13.0. The average Bonchev–Trinajstić information content (AvgIpc) is 2.98. The second-order valence-corrected chi connectivity index (χ2v) is 13.7. The van der Waals surface area contributed by atoms with Gasteiger partial charge in [0.2, 0.25) is 10.0 Å². The lowest BCUT2D eigenvalue weighted by atomic mass is 10.2. The Balaban J connectivity index is 1.97. The lowest BCUT2D eigenvalue weighted by Gasteiger charge is -2.06. The summed E-state index contributed by atoms with van der Waals surface area (Å²) in [6.45, 7) is 8.36. The summed E-state index contributed by atoms with van der Waals surface area (Å²) in [6, 6.07) is 9.79. The van der Waals surface area contributed by atoms with E-state index in [2.05, 4.69) is 31.1 Å². The molecule has 1 fully saturated rings. The molecule has 0 saturated carbocycles. The summed E-state index contributed by atoms with van der Waals surface area (Å²) in [5, 5.41) is 0. The molecular weight excluding hydrogens is 338 g/mol. The SMILES string of the molecule is Cc1ccc(S(=O)(=O)N2[C@H](C#C[Si](C)(C)C)[C@@H]2c2ccco2)cc1. The van der Waals surface area contributed by atoms with Gasteiger partial charge in [-0.2, -0.15) is 4.31 Å². The van der Waals surface area contributed by atoms with Crippen molar-refractivity contribution in [2.75, 3.05) is 0 Å². The fourth-order valence-corrected chi connectivity index (χ4v) is 4.75. The van der Waals surface area contributed by atoms with E-state index in [4.69, 9.17) is 4.42 Å². The standard InChI is InChI=1S/C18H21NO3SSi/c1-14-7-9-15(10-8-14)23(20,21)19-16(11-13-24(2,3)4)18(19)17-6-5-12-22-17/h5-10,12,16,18H,1-4H3/t16-,18-,19?/m1/s1. The number of benzene rings is 1. The maximum Gasteiger partial charge on any atom is 0.245 e. The van der Waals surface area contributed by atoms with Crippen LogP contribution in [0, 0.1) is 18.4 Å². The van der Waals surface area contributed by atoms with E-state index in [9.17, 15) is 8.42 Å². The largest absolute Gasteiger partial charge is 0.468 e. The fraction of sp³-hybridized carbons (Fsp3) is 0.333. The van der Waals surface area contributed by atoms with Gasteiger partial charge >= 0.3 is 0 Å². The number of hydrogen-bond donors (Lipinski definition) is 0. The zero-order chi connectivity index (χ0) is 17.5. The van der Waals surface area contributed by atoms with Gasteiger partial charge in [-0.1, -0.05) is 43.3 Å². The molecule has 3 rings (SSSR count). The molecular formula is C18H21NO3SSi. The van der Waals surface area contributed by atoms with Crippen LogP contribution >= 0.6 is 0 Å². The van der Waals surface area contributed by atoms with Crippen LogP contribution in [0.3, 0.4) is 0 Å². The minimum Gasteiger partial charge on any atom is -0.468 e. The highest BCUT2D eigenvalue weighted by Crippen LogP contribution is 2.47. The molecule has 0 spiro atoms. The molecule has 0 amide bonds. The Kier molecular flexibility index (Phi) is 4.20. The smallest absolute Gasteiger partial charge is 0.245 e. The number of furan rings is 1. The van der Waals surface area contributed by atoms with Gasteiger partial charge in [-0.3, -0.25) is 0 Å². The van der Waals surface area contributed by atoms with Crippen molar-refractivity contribution in [1.82, 2.24) is 4.31 Å². The zero-order valence-corrected chi connectivity index (χ0v) is 16.1. The van der Waals surface area contributed by atoms with E-state index in [1.54, 1.807) is 42.7 Å². The van der Waals surface area contributed by atoms with Crippen molar-refractivity contribution < 1.29 is 12.8 Å². The quantitative estimate of drug-likeness (QED) is 0.478. The van der Waals surface area contributed by atoms with Crippen molar-refractivity contribution in [3.8, 4) is 11.5 Å². The predicted octanol–water partition coefficient (Wildman–Crippen LogP) is 3.58. The molecule has 0 aliphatic carbocycles. The third kappa shape index (κ3) is 3.34. The van der Waals surface area contributed by atoms with E-state index >= 15 is 0 Å². The van der Waals surface area contributed by atoms with Crippen LogP contribution in [-0.2, 0) is 10.0 Å². The number of nitrogens with zero attached hydrogens (tertiary/aromatic N) is 1. The molecule has 1 saturated heterocycles. The molecule has 1 aliphatic heterocycles. The highest BCUT2D eigenvalue weighted by atomic mass is 32.2. The van der Waals surface area contributed by atoms with Crippen LogP contribution in [0.1, 0.15) is 17.4 Å². The Morgan fingerprint density at radius 2 is 1.79 bits per heavy atom. The van der Waals surface area contributed by atoms with Gasteiger partial charge < -0.3 is 4.42 Å². The van der Waals surface area contributed by atoms with Gasteiger partial charge in [0.05, 0.1) is 11.2 Å². The summed E-state index contributed by atoms with van der Waals surface area (Å²) in [5.74, 6) is 3.81. The van der Waals surface area contributed by atoms with Crippen LogP contribution in [0.2, 0.25) is 19.6 Å². The molecule has 0 bridgehead atoms. The van der Waals surface area contributed by atoms with Crippen LogP contribution in [0.25, 0.3) is 0 Å². The highest BCUT2D eigenvalue weighted by Gasteiger charge is 2.57. The van der Waals surface area contributed by atoms with Crippen LogP contribution < -0.4 is 0 Å². The minimum absolute atomic E-state index is 0.293. The number of sulfonamides is 1. The summed E-state index contributed by atoms with van der Waals surface area (Å²) in [5.41, 5.74) is 4.30. The molecule has 24 heavy (non-hydrogen) atoms. The van der Waals surface area contributed by atoms with Gasteiger partial charge in [-0.25, -0.2) is 8.42 Å². The van der Waals surface area contributed by atoms with Gasteiger partial charge in [-0.05, 0) is 31.2 Å². The topological polar surface area (TPSA) is 50.3 Å². The van der Waals surface area contributed by atoms with Gasteiger partial charge in [0.15, 0.2) is 0 Å². The van der Waals surface area contributed by atoms with Crippen LogP contribution in [0.15, 0.2) is 52.0 Å². The van der Waals surface area contributed by atoms with Crippen molar-refractivity contribution in [3.05, 3.63) is 54.0 Å². The fourth-order valence-electron chi connectivity index (χ4n) is 2.52. The average molecular weight is 360 g/mol. The first-order valence-corrected chi connectivity index (χ1v) is 12.8. The van der Waals surface area contributed by atoms with Crippen molar-refractivity contribution in [1.29, 1.82) is 0 Å². The monoisotopic (exact) mass is 359 g/mol. The van der Waals surface area contributed by atoms with E-state index in [0.29, 0.717) is 10.7 Å². The van der Waals surface area contributed by atoms with Crippen molar-refractivity contribution >= 4 is 18.1 Å². The van der Waals surface area contributed by atoms with Gasteiger partial charge in [0, 0.05) is 0 Å². The third-order valence-corrected chi connectivity index (χ3v) is 6.56. The molecule has 1 aromatic carbocycles. The van der Waals surface area contributed by atoms with E-state index in [-0.39, 0.29) is 12.1 Å². The molecule has 0 radical (unpaired) electrons. The molecule has 2 heterocycles. The summed E-state index contributed by atoms with van der Waals surface area (Å²) in [6.07, 6.45) is 1.56. The Labute approximate surface area is 144 Å². The first-order chi connectivity index (χ1) is 11.2. The second-order valence-electron chi connectivity index (χ2n) is 7.07. The lowest BCUT2D eigenvalue weighted by molar-refractivity contribution is 0.486. The van der Waals surface area contributed by atoms with Crippen molar-refractivity contribution in [3.63, 3.8) is 0 Å². The molecule has 6 heteroatoms. The summed E-state index contributed by atoms with van der Waals surface area (Å²) in [7, 11) is -5.17. The van der Waals surface area contributed by atoms with E-state index in [1.807, 2.05) is 6.92 Å². The Morgan fingerprint density at radius 1 is 1.12 bits per heavy atom. The summed E-state index contributed by atoms with van der Waals surface area (Å²) >= 11 is 0. The highest BCUT2D eigenvalue weighted by molar-refractivity contribution is 7.89. The van der Waals surface area contributed by atoms with Crippen molar-refractivity contribution in [2.45, 2.75) is 43.5 Å². The van der Waals surface area contributed by atoms with Gasteiger partial charge in [0.25, 0.3) is 0 Å². The van der Waals surface area contributed by atoms with Crippen LogP contribution in [-0.4, -0.2) is 26.8 Å². The zero-order valence-electron chi connectivity index (χ0n) is 14.3. The number of aryl methyl sites for hydroxylation is 1. The van der Waals surface area contributed by atoms with Crippen LogP contribution in [0.5, 0.6) is 0 Å². The Hall–Kier alpha value is -1.81. The Morgan fingerprint density at radius 3 is 2.33 bits per heavy atom. The summed E-state index contributed by atoms with van der Waals surface area (Å²) < 4.78 is 32.8. The second kappa shape index (κ2) is 5.92. The van der Waals surface area contributed by atoms with Crippen LogP contribution in [0.4, 0.5) is 0 Å². The van der Waals surface area contributed by atoms with E-state index < -0.39 is 18.1 Å². The molecule has 1 aromatic heterocycles. The molecule has 126 valence electrons. The normalized spacial score (nSPS) is 23.4. The first kappa shape index (κ1) is 17.0. The number of hydrogen-bond acceptors (Lipinski definition) is 3. The van der Waals surface area contributed by atoms with Gasteiger partial charge in [0.1, 0.15) is 25.9 Å². The molecule has 4 nitrogen and oxygen atoms in total. The van der Waals surface area contributed by atoms with Gasteiger partial charge in [-0.15, -0.1) is 5.54 Å². The molecule has 3 atom stereocenters. The third-order valence-electron chi connectivity index (χ3n) is 3.78. The molecule has 1 unspecified atom stereocenters. The number of rotatable bonds is 3. The van der Waals surface area contributed by atoms with Crippen molar-refractivity contribution in [2.24, 2.45) is 0 Å². The lowest BCUT2D eigenvalue weighted by Crippen LogP contribution is -2.18. The Bertz CT molecular complexity index is 884. The predicted molar refractivity (Wildman–Crippen MR) is 96.6 cm³/mol. The molecule has 1 aliphatic rings. The minimum atomic E-state index is -3.59. The first-order valence-electron chi connectivity index (χ1n) is 7.86. The van der Waals surface area contributed by atoms with E-state index in [1.165, 1.54) is 4.31 Å². The maximum absolute atomic E-state index is 13.0. The summed E-state index contributed by atoms with van der Waals surface area (Å²) in [4.78, 5) is 0.293.